The average molecular weight is 253 g/mol. The molecule has 0 atom stereocenters. The molecule has 0 unspecified atom stereocenters. The van der Waals surface area contributed by atoms with E-state index >= 15 is 0 Å². The van der Waals surface area contributed by atoms with Gasteiger partial charge < -0.3 is 15.0 Å². The smallest absolute Gasteiger partial charge is 0.356 e. The second-order valence-electron chi connectivity index (χ2n) is 5.39. The zero-order valence-corrected chi connectivity index (χ0v) is 10.9. The molecule has 0 aromatic carbocycles. The highest BCUT2D eigenvalue weighted by Gasteiger charge is 2.15. The van der Waals surface area contributed by atoms with Gasteiger partial charge in [0.05, 0.1) is 6.33 Å². The number of carboxylic acid groups (broad SMARTS) is 1. The molecule has 0 radical (unpaired) electrons. The number of nitrogens with one attached hydrogen (secondary N) is 1. The number of carboxylic acids is 1. The Morgan fingerprint density at radius 2 is 2.11 bits per heavy atom. The van der Waals surface area contributed by atoms with E-state index in [1.54, 1.807) is 4.57 Å². The van der Waals surface area contributed by atoms with E-state index in [4.69, 9.17) is 5.11 Å². The molecule has 0 fully saturated rings. The normalized spacial score (nSPS) is 11.3. The van der Waals surface area contributed by atoms with Gasteiger partial charge in [-0.05, 0) is 5.41 Å². The third kappa shape index (κ3) is 4.99. The molecule has 100 valence electrons. The Morgan fingerprint density at radius 1 is 1.44 bits per heavy atom. The first-order chi connectivity index (χ1) is 8.28. The van der Waals surface area contributed by atoms with Crippen LogP contribution in [0.3, 0.4) is 0 Å². The molecular formula is C12H19N3O3. The second kappa shape index (κ2) is 5.66. The predicted molar refractivity (Wildman–Crippen MR) is 66.3 cm³/mol. The molecule has 0 aliphatic heterocycles. The van der Waals surface area contributed by atoms with Gasteiger partial charge in [0.15, 0.2) is 5.69 Å². The van der Waals surface area contributed by atoms with E-state index in [-0.39, 0.29) is 17.0 Å². The lowest BCUT2D eigenvalue weighted by Crippen LogP contribution is -2.30. The topological polar surface area (TPSA) is 84.2 Å². The molecule has 1 heterocycles. The van der Waals surface area contributed by atoms with Gasteiger partial charge in [0.25, 0.3) is 0 Å². The number of carbonyl (C=O) groups is 2. The molecule has 1 aromatic heterocycles. The SMILES string of the molecule is CC(C)(C)CC(=O)NCCn1cnc(C(=O)O)c1. The van der Waals surface area contributed by atoms with Crippen molar-refractivity contribution in [1.82, 2.24) is 14.9 Å². The maximum atomic E-state index is 11.5. The standard InChI is InChI=1S/C12H19N3O3/c1-12(2,3)6-10(16)13-4-5-15-7-9(11(17)18)14-8-15/h7-8H,4-6H2,1-3H3,(H,13,16)(H,17,18). The van der Waals surface area contributed by atoms with E-state index < -0.39 is 5.97 Å². The second-order valence-corrected chi connectivity index (χ2v) is 5.39. The molecule has 2 N–H and O–H groups in total. The minimum absolute atomic E-state index is 0.000994. The van der Waals surface area contributed by atoms with Gasteiger partial charge >= 0.3 is 5.97 Å². The van der Waals surface area contributed by atoms with Crippen LogP contribution in [0.4, 0.5) is 0 Å². The van der Waals surface area contributed by atoms with E-state index in [1.165, 1.54) is 12.5 Å². The summed E-state index contributed by atoms with van der Waals surface area (Å²) in [6.45, 7) is 6.98. The summed E-state index contributed by atoms with van der Waals surface area (Å²) in [6, 6.07) is 0. The molecule has 18 heavy (non-hydrogen) atoms. The molecule has 0 bridgehead atoms. The predicted octanol–water partition coefficient (Wildman–Crippen LogP) is 1.13. The van der Waals surface area contributed by atoms with Crippen LogP contribution in [-0.2, 0) is 11.3 Å². The highest BCUT2D eigenvalue weighted by atomic mass is 16.4. The monoisotopic (exact) mass is 253 g/mol. The first-order valence-electron chi connectivity index (χ1n) is 5.80. The molecule has 0 spiro atoms. The zero-order valence-electron chi connectivity index (χ0n) is 10.9. The van der Waals surface area contributed by atoms with Crippen molar-refractivity contribution in [1.29, 1.82) is 0 Å². The molecule has 6 heteroatoms. The summed E-state index contributed by atoms with van der Waals surface area (Å²) >= 11 is 0. The molecule has 1 aromatic rings. The Bertz CT molecular complexity index is 432. The number of aromatic carboxylic acids is 1. The van der Waals surface area contributed by atoms with E-state index in [0.717, 1.165) is 0 Å². The lowest BCUT2D eigenvalue weighted by molar-refractivity contribution is -0.122. The fourth-order valence-corrected chi connectivity index (χ4v) is 1.46. The lowest BCUT2D eigenvalue weighted by Gasteiger charge is -2.17. The maximum Gasteiger partial charge on any atom is 0.356 e. The molecule has 0 aliphatic rings. The van der Waals surface area contributed by atoms with Crippen LogP contribution in [-0.4, -0.2) is 33.1 Å². The number of imidazole rings is 1. The van der Waals surface area contributed by atoms with Gasteiger partial charge in [-0.2, -0.15) is 0 Å². The van der Waals surface area contributed by atoms with Crippen molar-refractivity contribution in [2.45, 2.75) is 33.7 Å². The van der Waals surface area contributed by atoms with Gasteiger partial charge in [-0.3, -0.25) is 4.79 Å². The molecule has 6 nitrogen and oxygen atoms in total. The number of aromatic nitrogens is 2. The van der Waals surface area contributed by atoms with E-state index in [1.807, 2.05) is 20.8 Å². The Kier molecular flexibility index (Phi) is 4.47. The summed E-state index contributed by atoms with van der Waals surface area (Å²) in [4.78, 5) is 25.9. The quantitative estimate of drug-likeness (QED) is 0.824. The summed E-state index contributed by atoms with van der Waals surface area (Å²) in [6.07, 6.45) is 3.36. The fourth-order valence-electron chi connectivity index (χ4n) is 1.46. The van der Waals surface area contributed by atoms with Crippen LogP contribution in [0.1, 0.15) is 37.7 Å². The van der Waals surface area contributed by atoms with Gasteiger partial charge in [0.1, 0.15) is 0 Å². The van der Waals surface area contributed by atoms with Gasteiger partial charge in [-0.15, -0.1) is 0 Å². The van der Waals surface area contributed by atoms with Gasteiger partial charge in [-0.1, -0.05) is 20.8 Å². The number of nitrogens with zero attached hydrogens (tertiary/aromatic N) is 2. The zero-order chi connectivity index (χ0) is 13.8. The van der Waals surface area contributed by atoms with Crippen molar-refractivity contribution < 1.29 is 14.7 Å². The van der Waals surface area contributed by atoms with Crippen molar-refractivity contribution >= 4 is 11.9 Å². The van der Waals surface area contributed by atoms with Crippen molar-refractivity contribution in [2.75, 3.05) is 6.54 Å². The Morgan fingerprint density at radius 3 is 2.61 bits per heavy atom. The number of rotatable bonds is 5. The molecular weight excluding hydrogens is 234 g/mol. The first-order valence-corrected chi connectivity index (χ1v) is 5.80. The molecule has 0 aliphatic carbocycles. The molecule has 0 saturated heterocycles. The van der Waals surface area contributed by atoms with Crippen LogP contribution in [0.5, 0.6) is 0 Å². The number of amides is 1. The molecule has 1 rings (SSSR count). The van der Waals surface area contributed by atoms with Gasteiger partial charge in [0, 0.05) is 25.7 Å². The summed E-state index contributed by atoms with van der Waals surface area (Å²) in [7, 11) is 0. The van der Waals surface area contributed by atoms with Gasteiger partial charge in [0.2, 0.25) is 5.91 Å². The van der Waals surface area contributed by atoms with E-state index in [9.17, 15) is 9.59 Å². The van der Waals surface area contributed by atoms with E-state index in [0.29, 0.717) is 19.5 Å². The van der Waals surface area contributed by atoms with Gasteiger partial charge in [-0.25, -0.2) is 9.78 Å². The molecule has 0 saturated carbocycles. The minimum Gasteiger partial charge on any atom is -0.476 e. The summed E-state index contributed by atoms with van der Waals surface area (Å²) in [5.41, 5.74) is -0.0220. The van der Waals surface area contributed by atoms with Crippen molar-refractivity contribution in [3.8, 4) is 0 Å². The highest BCUT2D eigenvalue weighted by Crippen LogP contribution is 2.17. The number of hydrogen-bond donors (Lipinski definition) is 2. The Labute approximate surface area is 106 Å². The van der Waals surface area contributed by atoms with Crippen LogP contribution in [0.2, 0.25) is 0 Å². The van der Waals surface area contributed by atoms with Crippen LogP contribution < -0.4 is 5.32 Å². The largest absolute Gasteiger partial charge is 0.476 e. The maximum absolute atomic E-state index is 11.5. The van der Waals surface area contributed by atoms with Crippen LogP contribution in [0, 0.1) is 5.41 Å². The van der Waals surface area contributed by atoms with Crippen molar-refractivity contribution in [3.05, 3.63) is 18.2 Å². The van der Waals surface area contributed by atoms with E-state index in [2.05, 4.69) is 10.3 Å². The average Bonchev–Trinajstić information content (AvgIpc) is 2.63. The van der Waals surface area contributed by atoms with Crippen LogP contribution in [0.25, 0.3) is 0 Å². The third-order valence-corrected chi connectivity index (χ3v) is 2.24. The fraction of sp³-hybridized carbons (Fsp3) is 0.583. The number of hydrogen-bond acceptors (Lipinski definition) is 3. The first kappa shape index (κ1) is 14.2. The highest BCUT2D eigenvalue weighted by molar-refractivity contribution is 5.84. The lowest BCUT2D eigenvalue weighted by atomic mass is 9.92. The third-order valence-electron chi connectivity index (χ3n) is 2.24. The van der Waals surface area contributed by atoms with Crippen molar-refractivity contribution in [3.63, 3.8) is 0 Å². The number of carbonyl (C=O) groups excluding carboxylic acids is 1. The summed E-state index contributed by atoms with van der Waals surface area (Å²) < 4.78 is 1.64. The molecule has 1 amide bonds. The Hall–Kier alpha value is -1.85. The Balaban J connectivity index is 2.33. The van der Waals surface area contributed by atoms with Crippen molar-refractivity contribution in [2.24, 2.45) is 5.41 Å². The van der Waals surface area contributed by atoms with Crippen LogP contribution in [0.15, 0.2) is 12.5 Å². The summed E-state index contributed by atoms with van der Waals surface area (Å²) in [5, 5.41) is 11.5. The van der Waals surface area contributed by atoms with Crippen LogP contribution >= 0.6 is 0 Å². The minimum atomic E-state index is -1.05. The summed E-state index contributed by atoms with van der Waals surface area (Å²) in [5.74, 6) is -1.05.